The Morgan fingerprint density at radius 2 is 1.91 bits per heavy atom. The number of benzene rings is 2. The van der Waals surface area contributed by atoms with Crippen LogP contribution in [0.5, 0.6) is 5.75 Å². The van der Waals surface area contributed by atoms with Crippen molar-refractivity contribution in [3.63, 3.8) is 0 Å². The number of aliphatic imine (C=N–C) groups is 1. The number of nitrogens with zero attached hydrogens (tertiary/aromatic N) is 1. The lowest BCUT2D eigenvalue weighted by Crippen LogP contribution is -2.51. The smallest absolute Gasteiger partial charge is 0.422 e. The van der Waals surface area contributed by atoms with E-state index in [9.17, 15) is 27.9 Å². The number of aliphatic carboxylic acids is 1. The Hall–Kier alpha value is -3.56. The molecule has 0 fully saturated rings. The van der Waals surface area contributed by atoms with E-state index in [1.165, 1.54) is 19.2 Å². The third-order valence-corrected chi connectivity index (χ3v) is 5.53. The van der Waals surface area contributed by atoms with E-state index in [1.54, 1.807) is 31.2 Å². The van der Waals surface area contributed by atoms with Gasteiger partial charge in [-0.2, -0.15) is 13.2 Å². The van der Waals surface area contributed by atoms with Crippen LogP contribution in [-0.4, -0.2) is 48.1 Å². The zero-order valence-electron chi connectivity index (χ0n) is 18.7. The van der Waals surface area contributed by atoms with E-state index in [-0.39, 0.29) is 36.1 Å². The number of hydrogen-bond acceptors (Lipinski definition) is 5. The molecule has 0 bridgehead atoms. The third-order valence-electron chi connectivity index (χ3n) is 5.53. The maximum absolute atomic E-state index is 13.0. The lowest BCUT2D eigenvalue weighted by atomic mass is 9.97. The van der Waals surface area contributed by atoms with Crippen LogP contribution < -0.4 is 10.1 Å². The van der Waals surface area contributed by atoms with Crippen molar-refractivity contribution >= 4 is 28.9 Å². The minimum atomic E-state index is -4.45. The fourth-order valence-corrected chi connectivity index (χ4v) is 3.29. The number of amides is 1. The first-order chi connectivity index (χ1) is 16.0. The third kappa shape index (κ3) is 6.06. The number of carbonyl (C=O) groups excluding carboxylic acids is 1. The van der Waals surface area contributed by atoms with Crippen molar-refractivity contribution in [2.45, 2.75) is 38.4 Å². The van der Waals surface area contributed by atoms with E-state index in [0.717, 1.165) is 5.39 Å². The zero-order chi connectivity index (χ0) is 24.9. The molecule has 0 radical (unpaired) electrons. The highest BCUT2D eigenvalue weighted by atomic mass is 19.4. The minimum absolute atomic E-state index is 0.102. The number of carboxylic acids is 1. The molecular formula is C24H25F3N2O5. The van der Waals surface area contributed by atoms with Crippen LogP contribution in [-0.2, 0) is 9.53 Å². The maximum Gasteiger partial charge on any atom is 0.422 e. The topological polar surface area (TPSA) is 97.2 Å². The molecule has 2 atom stereocenters. The summed E-state index contributed by atoms with van der Waals surface area (Å²) in [6.07, 6.45) is -1.02. The summed E-state index contributed by atoms with van der Waals surface area (Å²) in [6, 6.07) is 10.6. The van der Waals surface area contributed by atoms with E-state index < -0.39 is 30.2 Å². The van der Waals surface area contributed by atoms with E-state index in [4.69, 9.17) is 4.74 Å². The number of carbonyl (C=O) groups is 2. The van der Waals surface area contributed by atoms with Crippen LogP contribution >= 0.6 is 0 Å². The predicted molar refractivity (Wildman–Crippen MR) is 120 cm³/mol. The van der Waals surface area contributed by atoms with Crippen LogP contribution in [0.3, 0.4) is 0 Å². The molecule has 2 aromatic carbocycles. The Balaban J connectivity index is 1.78. The second-order valence-corrected chi connectivity index (χ2v) is 8.14. The Labute approximate surface area is 194 Å². The standard InChI is InChI=1S/C24H25F3N2O5/c1-3-23(2,22(31)32)29-21(30)18-10-9-16-6-4-5-7-17(16)20(18)33-13-15-8-11-19(28-12-15)34-14-24(25,26)27/h4-7,9-12,15H,3,8,13-14H2,1-2H3,(H,29,30)(H,31,32). The average molecular weight is 478 g/mol. The highest BCUT2D eigenvalue weighted by Crippen LogP contribution is 2.31. The monoisotopic (exact) mass is 478 g/mol. The van der Waals surface area contributed by atoms with Crippen molar-refractivity contribution in [3.8, 4) is 5.75 Å². The quantitative estimate of drug-likeness (QED) is 0.544. The van der Waals surface area contributed by atoms with Gasteiger partial charge in [-0.15, -0.1) is 0 Å². The van der Waals surface area contributed by atoms with Gasteiger partial charge in [0.2, 0.25) is 5.88 Å². The van der Waals surface area contributed by atoms with Crippen LogP contribution in [0, 0.1) is 5.92 Å². The largest absolute Gasteiger partial charge is 0.491 e. The SMILES string of the molecule is CCC(C)(NC(=O)c1ccc2ccccc2c1OCC1C=NC(OCC(F)(F)F)=CC1)C(=O)O. The second-order valence-electron chi connectivity index (χ2n) is 8.14. The summed E-state index contributed by atoms with van der Waals surface area (Å²) in [6.45, 7) is 1.77. The number of halogens is 3. The molecule has 10 heteroatoms. The zero-order valence-corrected chi connectivity index (χ0v) is 18.7. The summed E-state index contributed by atoms with van der Waals surface area (Å²) in [7, 11) is 0. The van der Waals surface area contributed by atoms with Crippen molar-refractivity contribution in [1.29, 1.82) is 0 Å². The molecular weight excluding hydrogens is 453 g/mol. The van der Waals surface area contributed by atoms with E-state index in [1.807, 2.05) is 12.1 Å². The lowest BCUT2D eigenvalue weighted by molar-refractivity contribution is -0.165. The molecule has 1 aliphatic rings. The first kappa shape index (κ1) is 25.1. The molecule has 2 N–H and O–H groups in total. The number of rotatable bonds is 9. The van der Waals surface area contributed by atoms with Gasteiger partial charge in [-0.25, -0.2) is 9.79 Å². The molecule has 34 heavy (non-hydrogen) atoms. The Kier molecular flexibility index (Phi) is 7.48. The first-order valence-corrected chi connectivity index (χ1v) is 10.7. The highest BCUT2D eigenvalue weighted by molar-refractivity contribution is 6.05. The van der Waals surface area contributed by atoms with Gasteiger partial charge < -0.3 is 19.9 Å². The second kappa shape index (κ2) is 10.1. The van der Waals surface area contributed by atoms with Gasteiger partial charge in [-0.05, 0) is 37.3 Å². The normalized spacial score (nSPS) is 17.6. The summed E-state index contributed by atoms with van der Waals surface area (Å²) in [5, 5.41) is 13.6. The molecule has 1 amide bonds. The summed E-state index contributed by atoms with van der Waals surface area (Å²) < 4.78 is 47.6. The highest BCUT2D eigenvalue weighted by Gasteiger charge is 2.34. The molecule has 1 heterocycles. The molecule has 0 saturated carbocycles. The number of carboxylic acid groups (broad SMARTS) is 1. The van der Waals surface area contributed by atoms with Crippen molar-refractivity contribution in [1.82, 2.24) is 5.32 Å². The number of hydrogen-bond donors (Lipinski definition) is 2. The molecule has 0 saturated heterocycles. The lowest BCUT2D eigenvalue weighted by Gasteiger charge is -2.25. The van der Waals surface area contributed by atoms with Crippen LogP contribution in [0.1, 0.15) is 37.0 Å². The molecule has 2 aromatic rings. The molecule has 0 aromatic heterocycles. The number of ether oxygens (including phenoxy) is 2. The van der Waals surface area contributed by atoms with E-state index in [2.05, 4.69) is 15.0 Å². The number of alkyl halides is 3. The van der Waals surface area contributed by atoms with Crippen LogP contribution in [0.2, 0.25) is 0 Å². The average Bonchev–Trinajstić information content (AvgIpc) is 2.81. The number of fused-ring (bicyclic) bond motifs is 1. The number of allylic oxidation sites excluding steroid dienone is 1. The predicted octanol–water partition coefficient (Wildman–Crippen LogP) is 4.71. The first-order valence-electron chi connectivity index (χ1n) is 10.7. The van der Waals surface area contributed by atoms with Crippen molar-refractivity contribution in [2.75, 3.05) is 13.2 Å². The summed E-state index contributed by atoms with van der Waals surface area (Å²) in [4.78, 5) is 28.6. The Morgan fingerprint density at radius 3 is 2.53 bits per heavy atom. The Morgan fingerprint density at radius 1 is 1.18 bits per heavy atom. The van der Waals surface area contributed by atoms with Crippen LogP contribution in [0.15, 0.2) is 53.3 Å². The molecule has 2 unspecified atom stereocenters. The van der Waals surface area contributed by atoms with Crippen LogP contribution in [0.25, 0.3) is 10.8 Å². The van der Waals surface area contributed by atoms with E-state index >= 15 is 0 Å². The van der Waals surface area contributed by atoms with Gasteiger partial charge in [0.1, 0.15) is 11.3 Å². The minimum Gasteiger partial charge on any atom is -0.491 e. The molecule has 182 valence electrons. The molecule has 7 nitrogen and oxygen atoms in total. The molecule has 0 aliphatic carbocycles. The van der Waals surface area contributed by atoms with Crippen molar-refractivity contribution in [2.24, 2.45) is 10.9 Å². The van der Waals surface area contributed by atoms with Gasteiger partial charge in [0, 0.05) is 17.5 Å². The van der Waals surface area contributed by atoms with Crippen molar-refractivity contribution in [3.05, 3.63) is 53.9 Å². The van der Waals surface area contributed by atoms with Gasteiger partial charge in [0.05, 0.1) is 12.2 Å². The van der Waals surface area contributed by atoms with Crippen LogP contribution in [0.4, 0.5) is 13.2 Å². The summed E-state index contributed by atoms with van der Waals surface area (Å²) >= 11 is 0. The molecule has 1 aliphatic heterocycles. The number of nitrogens with one attached hydrogen (secondary N) is 1. The van der Waals surface area contributed by atoms with E-state index in [0.29, 0.717) is 11.8 Å². The van der Waals surface area contributed by atoms with Gasteiger partial charge in [-0.1, -0.05) is 37.3 Å². The fraction of sp³-hybridized carbons (Fsp3) is 0.375. The Bertz CT molecular complexity index is 1130. The maximum atomic E-state index is 13.0. The van der Waals surface area contributed by atoms with Gasteiger partial charge in [0.25, 0.3) is 5.91 Å². The summed E-state index contributed by atoms with van der Waals surface area (Å²) in [5.74, 6) is -1.82. The molecule has 3 rings (SSSR count). The van der Waals surface area contributed by atoms with Crippen molar-refractivity contribution < 1.29 is 37.3 Å². The van der Waals surface area contributed by atoms with Gasteiger partial charge >= 0.3 is 12.1 Å². The fourth-order valence-electron chi connectivity index (χ4n) is 3.29. The van der Waals surface area contributed by atoms with Gasteiger partial charge in [0.15, 0.2) is 6.61 Å². The van der Waals surface area contributed by atoms with Gasteiger partial charge in [-0.3, -0.25) is 4.79 Å². The molecule has 0 spiro atoms. The summed E-state index contributed by atoms with van der Waals surface area (Å²) in [5.41, 5.74) is -1.27.